The molecule has 0 saturated carbocycles. The van der Waals surface area contributed by atoms with Crippen LogP contribution in [0.2, 0.25) is 5.02 Å². The Bertz CT molecular complexity index is 520. The fourth-order valence-corrected chi connectivity index (χ4v) is 3.47. The van der Waals surface area contributed by atoms with Gasteiger partial charge >= 0.3 is 0 Å². The average molecular weight is 294 g/mol. The van der Waals surface area contributed by atoms with E-state index in [1.807, 2.05) is 0 Å². The summed E-state index contributed by atoms with van der Waals surface area (Å²) in [6, 6.07) is 5.82. The Labute approximate surface area is 124 Å². The van der Waals surface area contributed by atoms with Crippen molar-refractivity contribution in [2.45, 2.75) is 37.8 Å². The van der Waals surface area contributed by atoms with E-state index in [4.69, 9.17) is 17.3 Å². The number of hydrogen-bond donors (Lipinski definition) is 2. The number of hydrogen-bond acceptors (Lipinski definition) is 3. The molecular formula is C15H20ClN3O. The molecule has 0 spiro atoms. The van der Waals surface area contributed by atoms with Gasteiger partial charge in [-0.15, -0.1) is 0 Å². The van der Waals surface area contributed by atoms with Crippen LogP contribution in [-0.2, 0) is 0 Å². The van der Waals surface area contributed by atoms with Gasteiger partial charge in [0, 0.05) is 24.2 Å². The van der Waals surface area contributed by atoms with E-state index in [0.29, 0.717) is 22.3 Å². The maximum atomic E-state index is 12.3. The minimum absolute atomic E-state index is 0.0502. The predicted octanol–water partition coefficient (Wildman–Crippen LogP) is 2.28. The first kappa shape index (κ1) is 13.7. The monoisotopic (exact) mass is 293 g/mol. The number of halogens is 1. The summed E-state index contributed by atoms with van der Waals surface area (Å²) in [5.74, 6) is -0.0502. The number of nitrogens with two attached hydrogens (primary N) is 1. The summed E-state index contributed by atoms with van der Waals surface area (Å²) in [7, 11) is 0. The van der Waals surface area contributed by atoms with Crippen molar-refractivity contribution in [2.24, 2.45) is 0 Å². The molecule has 5 heteroatoms. The van der Waals surface area contributed by atoms with Crippen LogP contribution in [0.3, 0.4) is 0 Å². The topological polar surface area (TPSA) is 58.4 Å². The van der Waals surface area contributed by atoms with E-state index in [1.165, 1.54) is 25.8 Å². The number of carbonyl (C=O) groups is 1. The summed E-state index contributed by atoms with van der Waals surface area (Å²) < 4.78 is 0. The van der Waals surface area contributed by atoms with Gasteiger partial charge in [-0.25, -0.2) is 0 Å². The van der Waals surface area contributed by atoms with Crippen LogP contribution in [0, 0.1) is 0 Å². The molecule has 20 heavy (non-hydrogen) atoms. The molecular weight excluding hydrogens is 274 g/mol. The van der Waals surface area contributed by atoms with Crippen molar-refractivity contribution < 1.29 is 4.79 Å². The zero-order chi connectivity index (χ0) is 14.1. The minimum atomic E-state index is -0.0502. The molecule has 4 nitrogen and oxygen atoms in total. The molecule has 2 unspecified atom stereocenters. The Hall–Kier alpha value is -1.26. The number of amides is 1. The number of nitrogens with one attached hydrogen (secondary N) is 1. The van der Waals surface area contributed by atoms with Crippen molar-refractivity contribution in [3.8, 4) is 0 Å². The SMILES string of the molecule is Nc1cc(C(=O)NC2CCN3CCCCC23)ccc1Cl. The molecule has 2 aliphatic heterocycles. The molecule has 2 fully saturated rings. The summed E-state index contributed by atoms with van der Waals surface area (Å²) in [5, 5.41) is 3.65. The smallest absolute Gasteiger partial charge is 0.251 e. The average Bonchev–Trinajstić information content (AvgIpc) is 2.85. The Morgan fingerprint density at radius 1 is 1.30 bits per heavy atom. The highest BCUT2D eigenvalue weighted by Crippen LogP contribution is 2.27. The van der Waals surface area contributed by atoms with Gasteiger partial charge in [-0.3, -0.25) is 9.69 Å². The lowest BCUT2D eigenvalue weighted by Crippen LogP contribution is -2.46. The molecule has 1 amide bonds. The van der Waals surface area contributed by atoms with E-state index < -0.39 is 0 Å². The fraction of sp³-hybridized carbons (Fsp3) is 0.533. The van der Waals surface area contributed by atoms with Crippen molar-refractivity contribution >= 4 is 23.2 Å². The van der Waals surface area contributed by atoms with Crippen molar-refractivity contribution in [2.75, 3.05) is 18.8 Å². The third-order valence-corrected chi connectivity index (χ3v) is 4.77. The van der Waals surface area contributed by atoms with Crippen LogP contribution in [0.5, 0.6) is 0 Å². The zero-order valence-corrected chi connectivity index (χ0v) is 12.2. The number of piperidine rings is 1. The number of nitrogens with zero attached hydrogens (tertiary/aromatic N) is 1. The van der Waals surface area contributed by atoms with Gasteiger partial charge in [-0.05, 0) is 44.0 Å². The molecule has 108 valence electrons. The summed E-state index contributed by atoms with van der Waals surface area (Å²) in [6.07, 6.45) is 4.78. The van der Waals surface area contributed by atoms with E-state index >= 15 is 0 Å². The molecule has 1 aromatic carbocycles. The lowest BCUT2D eigenvalue weighted by Gasteiger charge is -2.32. The first-order valence-electron chi connectivity index (χ1n) is 7.25. The third kappa shape index (κ3) is 2.63. The van der Waals surface area contributed by atoms with Crippen molar-refractivity contribution in [3.63, 3.8) is 0 Å². The van der Waals surface area contributed by atoms with E-state index in [1.54, 1.807) is 18.2 Å². The summed E-state index contributed by atoms with van der Waals surface area (Å²) in [4.78, 5) is 14.8. The van der Waals surface area contributed by atoms with Gasteiger partial charge in [0.2, 0.25) is 0 Å². The summed E-state index contributed by atoms with van der Waals surface area (Å²) >= 11 is 5.88. The molecule has 1 aromatic rings. The second-order valence-corrected chi connectivity index (χ2v) is 6.11. The second-order valence-electron chi connectivity index (χ2n) is 5.70. The first-order chi connectivity index (χ1) is 9.65. The molecule has 2 aliphatic rings. The number of anilines is 1. The molecule has 3 rings (SSSR count). The standard InChI is InChI=1S/C15H20ClN3O/c16-11-5-4-10(9-12(11)17)15(20)18-13-6-8-19-7-2-1-3-14(13)19/h4-5,9,13-14H,1-3,6-8,17H2,(H,18,20). The van der Waals surface area contributed by atoms with Crippen LogP contribution in [-0.4, -0.2) is 36.0 Å². The van der Waals surface area contributed by atoms with Gasteiger partial charge in [0.1, 0.15) is 0 Å². The largest absolute Gasteiger partial charge is 0.398 e. The van der Waals surface area contributed by atoms with Crippen LogP contribution in [0.25, 0.3) is 0 Å². The molecule has 2 heterocycles. The summed E-state index contributed by atoms with van der Waals surface area (Å²) in [6.45, 7) is 2.27. The zero-order valence-electron chi connectivity index (χ0n) is 11.4. The highest BCUT2D eigenvalue weighted by Gasteiger charge is 2.36. The molecule has 3 N–H and O–H groups in total. The van der Waals surface area contributed by atoms with Gasteiger partial charge in [-0.2, -0.15) is 0 Å². The number of rotatable bonds is 2. The van der Waals surface area contributed by atoms with Gasteiger partial charge in [0.25, 0.3) is 5.91 Å². The lowest BCUT2D eigenvalue weighted by molar-refractivity contribution is 0.0915. The van der Waals surface area contributed by atoms with Gasteiger partial charge in [0.05, 0.1) is 10.7 Å². The predicted molar refractivity (Wildman–Crippen MR) is 80.9 cm³/mol. The van der Waals surface area contributed by atoms with E-state index in [-0.39, 0.29) is 11.9 Å². The molecule has 0 bridgehead atoms. The Balaban J connectivity index is 1.68. The van der Waals surface area contributed by atoms with Crippen LogP contribution < -0.4 is 11.1 Å². The summed E-state index contributed by atoms with van der Waals surface area (Å²) in [5.41, 5.74) is 6.79. The van der Waals surface area contributed by atoms with Crippen molar-refractivity contribution in [1.82, 2.24) is 10.2 Å². The molecule has 2 atom stereocenters. The quantitative estimate of drug-likeness (QED) is 0.823. The van der Waals surface area contributed by atoms with Crippen LogP contribution in [0.15, 0.2) is 18.2 Å². The molecule has 0 aromatic heterocycles. The minimum Gasteiger partial charge on any atom is -0.398 e. The third-order valence-electron chi connectivity index (χ3n) is 4.43. The van der Waals surface area contributed by atoms with Crippen molar-refractivity contribution in [1.29, 1.82) is 0 Å². The van der Waals surface area contributed by atoms with Crippen LogP contribution in [0.4, 0.5) is 5.69 Å². The van der Waals surface area contributed by atoms with E-state index in [2.05, 4.69) is 10.2 Å². The maximum absolute atomic E-state index is 12.3. The van der Waals surface area contributed by atoms with Crippen LogP contribution >= 0.6 is 11.6 Å². The Morgan fingerprint density at radius 3 is 2.95 bits per heavy atom. The molecule has 0 aliphatic carbocycles. The van der Waals surface area contributed by atoms with Crippen molar-refractivity contribution in [3.05, 3.63) is 28.8 Å². The van der Waals surface area contributed by atoms with Crippen LogP contribution in [0.1, 0.15) is 36.0 Å². The lowest BCUT2D eigenvalue weighted by atomic mass is 9.99. The number of benzene rings is 1. The normalized spacial score (nSPS) is 26.2. The van der Waals surface area contributed by atoms with Gasteiger partial charge in [0.15, 0.2) is 0 Å². The number of carbonyl (C=O) groups excluding carboxylic acids is 1. The van der Waals surface area contributed by atoms with Gasteiger partial charge in [-0.1, -0.05) is 18.0 Å². The van der Waals surface area contributed by atoms with E-state index in [9.17, 15) is 4.79 Å². The molecule has 2 saturated heterocycles. The van der Waals surface area contributed by atoms with E-state index in [0.717, 1.165) is 13.0 Å². The molecule has 0 radical (unpaired) electrons. The first-order valence-corrected chi connectivity index (χ1v) is 7.63. The van der Waals surface area contributed by atoms with Gasteiger partial charge < -0.3 is 11.1 Å². The Morgan fingerprint density at radius 2 is 2.15 bits per heavy atom. The highest BCUT2D eigenvalue weighted by atomic mass is 35.5. The number of fused-ring (bicyclic) bond motifs is 1. The Kier molecular flexibility index (Phi) is 3.85. The number of nitrogen functional groups attached to an aromatic ring is 1. The second kappa shape index (κ2) is 5.62. The maximum Gasteiger partial charge on any atom is 0.251 e. The highest BCUT2D eigenvalue weighted by molar-refractivity contribution is 6.33. The fourth-order valence-electron chi connectivity index (χ4n) is 3.35.